The fourth-order valence-electron chi connectivity index (χ4n) is 8.37. The smallest absolute Gasteiger partial charge is 0.0658 e. The summed E-state index contributed by atoms with van der Waals surface area (Å²) in [6, 6.07) is 42.5. The third kappa shape index (κ3) is 5.51. The van der Waals surface area contributed by atoms with E-state index in [1.807, 2.05) is 0 Å². The minimum absolute atomic E-state index is 0.136. The summed E-state index contributed by atoms with van der Waals surface area (Å²) >= 11 is 2.11. The van der Waals surface area contributed by atoms with Crippen LogP contribution in [-0.4, -0.2) is 11.0 Å². The molecule has 5 aromatic carbocycles. The second kappa shape index (κ2) is 12.9. The fourth-order valence-corrected chi connectivity index (χ4v) is 9.99. The molecule has 48 heavy (non-hydrogen) atoms. The van der Waals surface area contributed by atoms with Crippen molar-refractivity contribution in [2.45, 2.75) is 63.0 Å². The molecule has 0 spiro atoms. The van der Waals surface area contributed by atoms with Crippen molar-refractivity contribution in [3.63, 3.8) is 0 Å². The highest BCUT2D eigenvalue weighted by atomic mass is 32.2. The molecule has 0 radical (unpaired) electrons. The number of aryl methyl sites for hydroxylation is 2. The molecule has 3 aliphatic rings. The van der Waals surface area contributed by atoms with Gasteiger partial charge in [0.2, 0.25) is 0 Å². The summed E-state index contributed by atoms with van der Waals surface area (Å²) in [5, 5.41) is 2.98. The Morgan fingerprint density at radius 2 is 1.44 bits per heavy atom. The van der Waals surface area contributed by atoms with Crippen LogP contribution in [0.15, 0.2) is 154 Å². The second-order valence-electron chi connectivity index (χ2n) is 13.9. The first kappa shape index (κ1) is 30.9. The molecule has 0 aromatic heterocycles. The SMILES string of the molecule is Cc1ccccc1/N=C(\C(C)c1ccccc1)[C@H](C)C1=C(c2ccccc2C)C2=C(C=CCC2)[C@@H]2Cc3cc4ccccc4cc3SC12. The lowest BCUT2D eigenvalue weighted by Crippen LogP contribution is -2.37. The maximum atomic E-state index is 5.63. The summed E-state index contributed by atoms with van der Waals surface area (Å²) in [6.07, 6.45) is 8.15. The van der Waals surface area contributed by atoms with Gasteiger partial charge in [0.15, 0.2) is 0 Å². The van der Waals surface area contributed by atoms with E-state index in [9.17, 15) is 0 Å². The molecule has 5 aromatic rings. The van der Waals surface area contributed by atoms with Gasteiger partial charge in [0.1, 0.15) is 0 Å². The van der Waals surface area contributed by atoms with Gasteiger partial charge in [0, 0.05) is 33.6 Å². The summed E-state index contributed by atoms with van der Waals surface area (Å²) in [6.45, 7) is 9.30. The van der Waals surface area contributed by atoms with Gasteiger partial charge < -0.3 is 0 Å². The van der Waals surface area contributed by atoms with Gasteiger partial charge in [-0.15, -0.1) is 11.8 Å². The molecule has 238 valence electrons. The van der Waals surface area contributed by atoms with Gasteiger partial charge in [-0.25, -0.2) is 0 Å². The van der Waals surface area contributed by atoms with E-state index in [1.165, 1.54) is 54.8 Å². The van der Waals surface area contributed by atoms with Crippen molar-refractivity contribution in [2.75, 3.05) is 0 Å². The topological polar surface area (TPSA) is 12.4 Å². The summed E-state index contributed by atoms with van der Waals surface area (Å²) < 4.78 is 0. The maximum Gasteiger partial charge on any atom is 0.0658 e. The number of hydrogen-bond donors (Lipinski definition) is 0. The lowest BCUT2D eigenvalue weighted by molar-refractivity contribution is 0.570. The van der Waals surface area contributed by atoms with Crippen LogP contribution in [0.1, 0.15) is 60.4 Å². The van der Waals surface area contributed by atoms with Crippen molar-refractivity contribution >= 4 is 39.5 Å². The van der Waals surface area contributed by atoms with Gasteiger partial charge in [-0.1, -0.05) is 129 Å². The first-order chi connectivity index (χ1) is 23.5. The number of hydrogen-bond acceptors (Lipinski definition) is 2. The number of rotatable bonds is 6. The highest BCUT2D eigenvalue weighted by Crippen LogP contribution is 2.56. The third-order valence-corrected chi connectivity index (χ3v) is 12.4. The van der Waals surface area contributed by atoms with Crippen molar-refractivity contribution in [3.8, 4) is 0 Å². The van der Waals surface area contributed by atoms with E-state index < -0.39 is 0 Å². The first-order valence-electron chi connectivity index (χ1n) is 17.6. The highest BCUT2D eigenvalue weighted by Gasteiger charge is 2.44. The first-order valence-corrected chi connectivity index (χ1v) is 18.4. The third-order valence-electron chi connectivity index (χ3n) is 10.9. The Hall–Kier alpha value is -4.40. The molecule has 1 heterocycles. The number of fused-ring (bicyclic) bond motifs is 4. The minimum Gasteiger partial charge on any atom is -0.256 e. The van der Waals surface area contributed by atoms with Crippen LogP contribution in [-0.2, 0) is 6.42 Å². The summed E-state index contributed by atoms with van der Waals surface area (Å²) in [5.41, 5.74) is 15.2. The Balaban J connectivity index is 1.39. The van der Waals surface area contributed by atoms with Crippen LogP contribution < -0.4 is 0 Å². The fraction of sp³-hybridized carbons (Fsp3) is 0.239. The van der Waals surface area contributed by atoms with Crippen LogP contribution in [0.3, 0.4) is 0 Å². The van der Waals surface area contributed by atoms with Crippen LogP contribution in [0.25, 0.3) is 16.3 Å². The number of nitrogens with zero attached hydrogens (tertiary/aromatic N) is 1. The van der Waals surface area contributed by atoms with Gasteiger partial charge in [-0.3, -0.25) is 4.99 Å². The van der Waals surface area contributed by atoms with Crippen molar-refractivity contribution < 1.29 is 0 Å². The molecule has 0 saturated heterocycles. The molecule has 1 nitrogen and oxygen atoms in total. The molecule has 0 amide bonds. The van der Waals surface area contributed by atoms with E-state index in [4.69, 9.17) is 4.99 Å². The zero-order valence-corrected chi connectivity index (χ0v) is 29.2. The predicted octanol–water partition coefficient (Wildman–Crippen LogP) is 12.4. The van der Waals surface area contributed by atoms with E-state index in [1.54, 1.807) is 16.7 Å². The average Bonchev–Trinajstić information content (AvgIpc) is 3.12. The van der Waals surface area contributed by atoms with E-state index >= 15 is 0 Å². The van der Waals surface area contributed by atoms with Crippen LogP contribution >= 0.6 is 11.8 Å². The zero-order chi connectivity index (χ0) is 32.8. The van der Waals surface area contributed by atoms with Crippen molar-refractivity contribution in [3.05, 3.63) is 172 Å². The summed E-state index contributed by atoms with van der Waals surface area (Å²) in [5.74, 6) is 0.722. The molecule has 0 fully saturated rings. The van der Waals surface area contributed by atoms with Crippen LogP contribution in [0.5, 0.6) is 0 Å². The lowest BCUT2D eigenvalue weighted by Gasteiger charge is -2.45. The van der Waals surface area contributed by atoms with Crippen molar-refractivity contribution in [1.29, 1.82) is 0 Å². The number of thioether (sulfide) groups is 1. The van der Waals surface area contributed by atoms with Crippen LogP contribution in [0.4, 0.5) is 5.69 Å². The number of aliphatic imine (C=N–C) groups is 1. The van der Waals surface area contributed by atoms with Gasteiger partial charge in [0.05, 0.1) is 5.69 Å². The molecule has 0 N–H and O–H groups in total. The van der Waals surface area contributed by atoms with Gasteiger partial charge in [-0.05, 0) is 106 Å². The Morgan fingerprint density at radius 3 is 2.21 bits per heavy atom. The Bertz CT molecular complexity index is 2150. The molecule has 2 unspecified atom stereocenters. The molecular formula is C46H43NS. The minimum atomic E-state index is 0.136. The highest BCUT2D eigenvalue weighted by molar-refractivity contribution is 8.00. The molecule has 2 aliphatic carbocycles. The van der Waals surface area contributed by atoms with Crippen LogP contribution in [0.2, 0.25) is 0 Å². The Labute approximate surface area is 290 Å². The molecule has 8 rings (SSSR count). The van der Waals surface area contributed by atoms with E-state index in [-0.39, 0.29) is 11.8 Å². The van der Waals surface area contributed by atoms with E-state index in [2.05, 4.69) is 167 Å². The Kier molecular flexibility index (Phi) is 8.30. The molecule has 0 saturated carbocycles. The molecule has 1 aliphatic heterocycles. The average molecular weight is 642 g/mol. The molecule has 0 bridgehead atoms. The van der Waals surface area contributed by atoms with Gasteiger partial charge >= 0.3 is 0 Å². The van der Waals surface area contributed by atoms with E-state index in [0.717, 1.165) is 24.9 Å². The lowest BCUT2D eigenvalue weighted by atomic mass is 9.67. The van der Waals surface area contributed by atoms with Crippen LogP contribution in [0, 0.1) is 25.7 Å². The van der Waals surface area contributed by atoms with Crippen molar-refractivity contribution in [2.24, 2.45) is 16.8 Å². The summed E-state index contributed by atoms with van der Waals surface area (Å²) in [4.78, 5) is 7.06. The summed E-state index contributed by atoms with van der Waals surface area (Å²) in [7, 11) is 0. The molecule has 4 atom stereocenters. The number of benzene rings is 5. The largest absolute Gasteiger partial charge is 0.256 e. The zero-order valence-electron chi connectivity index (χ0n) is 28.4. The normalized spacial score (nSPS) is 20.3. The van der Waals surface area contributed by atoms with E-state index in [0.29, 0.717) is 11.2 Å². The maximum absolute atomic E-state index is 5.63. The number of allylic oxidation sites excluding steroid dienone is 5. The Morgan fingerprint density at radius 1 is 0.750 bits per heavy atom. The predicted molar refractivity (Wildman–Crippen MR) is 207 cm³/mol. The van der Waals surface area contributed by atoms with Gasteiger partial charge in [-0.2, -0.15) is 0 Å². The standard InChI is InChI=1S/C46H43NS/c1-29-16-8-12-22-37(29)44-39-24-14-13-23-38(39)40-27-36-26-34-20-10-11-21-35(34)28-42(36)48-46(40)43(44)32(4)45(31(3)33-18-6-5-7-19-33)47-41-25-15-9-17-30(41)2/h5-13,15-23,25-26,28,31-32,40,46H,14,24,27H2,1-4H3/b47-45+/t31?,32-,40+,46?/m1/s1. The monoisotopic (exact) mass is 641 g/mol. The second-order valence-corrected chi connectivity index (χ2v) is 15.0. The van der Waals surface area contributed by atoms with Crippen molar-refractivity contribution in [1.82, 2.24) is 0 Å². The van der Waals surface area contributed by atoms with Gasteiger partial charge in [0.25, 0.3) is 0 Å². The molecule has 2 heteroatoms. The molecular weight excluding hydrogens is 599 g/mol. The quantitative estimate of drug-likeness (QED) is 0.168. The number of para-hydroxylation sites is 1.